The highest BCUT2D eigenvalue weighted by atomic mass is 35.5. The van der Waals surface area contributed by atoms with Gasteiger partial charge in [-0.05, 0) is 64.3 Å². The Morgan fingerprint density at radius 2 is 1.82 bits per heavy atom. The molecule has 1 N–H and O–H groups in total. The van der Waals surface area contributed by atoms with Gasteiger partial charge in [0.1, 0.15) is 0 Å². The van der Waals surface area contributed by atoms with Crippen molar-refractivity contribution in [3.05, 3.63) is 28.8 Å². The Bertz CT molecular complexity index is 592. The first-order valence-electron chi connectivity index (χ1n) is 7.59. The van der Waals surface area contributed by atoms with Crippen molar-refractivity contribution in [2.75, 3.05) is 26.7 Å². The number of nitrogens with one attached hydrogen (secondary N) is 1. The van der Waals surface area contributed by atoms with E-state index in [1.807, 2.05) is 40.0 Å². The Balaban J connectivity index is 0.00000242. The Hall–Kier alpha value is -0.620. The lowest BCUT2D eigenvalue weighted by Crippen LogP contribution is -2.42. The summed E-state index contributed by atoms with van der Waals surface area (Å²) in [6.07, 6.45) is 2.04. The summed E-state index contributed by atoms with van der Waals surface area (Å²) < 4.78 is 27.7. The molecule has 4 nitrogen and oxygen atoms in total. The maximum absolute atomic E-state index is 13.0. The molecule has 0 spiro atoms. The molecule has 1 aromatic rings. The molecular formula is C16H27ClN2O2S. The van der Waals surface area contributed by atoms with Gasteiger partial charge in [0.25, 0.3) is 0 Å². The van der Waals surface area contributed by atoms with Crippen molar-refractivity contribution in [2.45, 2.75) is 38.5 Å². The Kier molecular flexibility index (Phi) is 6.86. The summed E-state index contributed by atoms with van der Waals surface area (Å²) in [6, 6.07) is 3.91. The van der Waals surface area contributed by atoms with Gasteiger partial charge in [-0.25, -0.2) is 8.42 Å². The van der Waals surface area contributed by atoms with E-state index in [0.717, 1.165) is 36.1 Å². The molecule has 2 rings (SSSR count). The number of sulfonamides is 1. The molecule has 1 aromatic carbocycles. The molecule has 1 saturated heterocycles. The van der Waals surface area contributed by atoms with Gasteiger partial charge in [0.15, 0.2) is 0 Å². The first kappa shape index (κ1) is 19.4. The van der Waals surface area contributed by atoms with Crippen LogP contribution in [0.25, 0.3) is 0 Å². The van der Waals surface area contributed by atoms with Crippen LogP contribution in [-0.2, 0) is 10.0 Å². The summed E-state index contributed by atoms with van der Waals surface area (Å²) >= 11 is 0. The van der Waals surface area contributed by atoms with E-state index in [9.17, 15) is 8.42 Å². The Morgan fingerprint density at radius 1 is 1.23 bits per heavy atom. The highest BCUT2D eigenvalue weighted by molar-refractivity contribution is 7.89. The van der Waals surface area contributed by atoms with Crippen LogP contribution >= 0.6 is 12.4 Å². The third-order valence-corrected chi connectivity index (χ3v) is 6.35. The first-order valence-corrected chi connectivity index (χ1v) is 9.03. The number of benzene rings is 1. The standard InChI is InChI=1S/C16H26N2O2S.ClH/c1-12-8-13(2)16(14(3)9-12)21(19,20)18-7-5-6-15(11-18)10-17-4;/h8-9,15,17H,5-7,10-11H2,1-4H3;1H. The third kappa shape index (κ3) is 4.02. The summed E-state index contributed by atoms with van der Waals surface area (Å²) in [5.74, 6) is 0.407. The minimum atomic E-state index is -3.39. The van der Waals surface area contributed by atoms with Crippen LogP contribution in [0.3, 0.4) is 0 Å². The average Bonchev–Trinajstić information content (AvgIpc) is 2.37. The predicted molar refractivity (Wildman–Crippen MR) is 93.3 cm³/mol. The highest BCUT2D eigenvalue weighted by Crippen LogP contribution is 2.28. The van der Waals surface area contributed by atoms with Gasteiger partial charge in [-0.15, -0.1) is 12.4 Å². The fourth-order valence-corrected chi connectivity index (χ4v) is 5.37. The van der Waals surface area contributed by atoms with Gasteiger partial charge in [0.2, 0.25) is 10.0 Å². The van der Waals surface area contributed by atoms with Crippen molar-refractivity contribution in [3.63, 3.8) is 0 Å². The highest BCUT2D eigenvalue weighted by Gasteiger charge is 2.31. The average molecular weight is 347 g/mol. The Labute approximate surface area is 140 Å². The summed E-state index contributed by atoms with van der Waals surface area (Å²) in [5.41, 5.74) is 2.81. The number of aryl methyl sites for hydroxylation is 3. The van der Waals surface area contributed by atoms with Crippen molar-refractivity contribution in [2.24, 2.45) is 5.92 Å². The van der Waals surface area contributed by atoms with Crippen molar-refractivity contribution < 1.29 is 8.42 Å². The van der Waals surface area contributed by atoms with Gasteiger partial charge < -0.3 is 5.32 Å². The SMILES string of the molecule is CNCC1CCCN(S(=O)(=O)c2c(C)cc(C)cc2C)C1.Cl. The zero-order chi connectivity index (χ0) is 15.6. The van der Waals surface area contributed by atoms with Crippen molar-refractivity contribution in [1.29, 1.82) is 0 Å². The predicted octanol–water partition coefficient (Wildman–Crippen LogP) is 2.65. The molecule has 0 amide bonds. The molecule has 0 bridgehead atoms. The number of halogens is 1. The van der Waals surface area contributed by atoms with E-state index in [2.05, 4.69) is 5.32 Å². The van der Waals surface area contributed by atoms with Crippen molar-refractivity contribution in [3.8, 4) is 0 Å². The number of hydrogen-bond donors (Lipinski definition) is 1. The van der Waals surface area contributed by atoms with E-state index in [-0.39, 0.29) is 12.4 Å². The van der Waals surface area contributed by atoms with E-state index in [1.165, 1.54) is 0 Å². The molecule has 126 valence electrons. The minimum Gasteiger partial charge on any atom is -0.319 e. The van der Waals surface area contributed by atoms with Crippen LogP contribution in [0.1, 0.15) is 29.5 Å². The van der Waals surface area contributed by atoms with Crippen LogP contribution in [0.5, 0.6) is 0 Å². The molecular weight excluding hydrogens is 320 g/mol. The topological polar surface area (TPSA) is 49.4 Å². The van der Waals surface area contributed by atoms with Gasteiger partial charge in [0.05, 0.1) is 4.90 Å². The second-order valence-electron chi connectivity index (χ2n) is 6.16. The molecule has 22 heavy (non-hydrogen) atoms. The van der Waals surface area contributed by atoms with Gasteiger partial charge in [-0.3, -0.25) is 0 Å². The van der Waals surface area contributed by atoms with E-state index in [1.54, 1.807) is 4.31 Å². The fraction of sp³-hybridized carbons (Fsp3) is 0.625. The molecule has 0 radical (unpaired) electrons. The van der Waals surface area contributed by atoms with Gasteiger partial charge in [-0.2, -0.15) is 4.31 Å². The molecule has 0 aliphatic carbocycles. The van der Waals surface area contributed by atoms with Gasteiger partial charge in [-0.1, -0.05) is 17.7 Å². The van der Waals surface area contributed by atoms with Crippen LogP contribution < -0.4 is 5.32 Å². The normalized spacial score (nSPS) is 19.7. The van der Waals surface area contributed by atoms with Crippen LogP contribution in [0.2, 0.25) is 0 Å². The summed E-state index contributed by atoms with van der Waals surface area (Å²) in [6.45, 7) is 7.91. The molecule has 1 aliphatic rings. The molecule has 0 aromatic heterocycles. The number of rotatable bonds is 4. The van der Waals surface area contributed by atoms with Gasteiger partial charge in [0, 0.05) is 13.1 Å². The number of piperidine rings is 1. The largest absolute Gasteiger partial charge is 0.319 e. The summed E-state index contributed by atoms with van der Waals surface area (Å²) in [5, 5.41) is 3.16. The molecule has 1 heterocycles. The first-order chi connectivity index (χ1) is 9.86. The second-order valence-corrected chi connectivity index (χ2v) is 8.03. The van der Waals surface area contributed by atoms with Gasteiger partial charge >= 0.3 is 0 Å². The summed E-state index contributed by atoms with van der Waals surface area (Å²) in [4.78, 5) is 0.498. The number of hydrogen-bond acceptors (Lipinski definition) is 3. The van der Waals surface area contributed by atoms with Crippen LogP contribution in [0.4, 0.5) is 0 Å². The van der Waals surface area contributed by atoms with Crippen LogP contribution in [-0.4, -0.2) is 39.4 Å². The maximum Gasteiger partial charge on any atom is 0.243 e. The lowest BCUT2D eigenvalue weighted by atomic mass is 10.00. The fourth-order valence-electron chi connectivity index (χ4n) is 3.40. The summed E-state index contributed by atoms with van der Waals surface area (Å²) in [7, 11) is -1.47. The third-order valence-electron chi connectivity index (χ3n) is 4.18. The van der Waals surface area contributed by atoms with Crippen LogP contribution in [0.15, 0.2) is 17.0 Å². The zero-order valence-electron chi connectivity index (χ0n) is 13.8. The zero-order valence-corrected chi connectivity index (χ0v) is 15.5. The van der Waals surface area contributed by atoms with Crippen molar-refractivity contribution in [1.82, 2.24) is 9.62 Å². The lowest BCUT2D eigenvalue weighted by molar-refractivity contribution is 0.263. The number of nitrogens with zero attached hydrogens (tertiary/aromatic N) is 1. The van der Waals surface area contributed by atoms with E-state index >= 15 is 0 Å². The molecule has 0 saturated carbocycles. The molecule has 1 aliphatic heterocycles. The van der Waals surface area contributed by atoms with E-state index in [4.69, 9.17) is 0 Å². The lowest BCUT2D eigenvalue weighted by Gasteiger charge is -2.32. The molecule has 6 heteroatoms. The van der Waals surface area contributed by atoms with Crippen molar-refractivity contribution >= 4 is 22.4 Å². The van der Waals surface area contributed by atoms with Crippen LogP contribution in [0, 0.1) is 26.7 Å². The molecule has 1 atom stereocenters. The minimum absolute atomic E-state index is 0. The monoisotopic (exact) mass is 346 g/mol. The quantitative estimate of drug-likeness (QED) is 0.911. The molecule has 1 fully saturated rings. The van der Waals surface area contributed by atoms with E-state index < -0.39 is 10.0 Å². The maximum atomic E-state index is 13.0. The molecule has 1 unspecified atom stereocenters. The second kappa shape index (κ2) is 7.77. The van der Waals surface area contributed by atoms with E-state index in [0.29, 0.717) is 23.9 Å². The Morgan fingerprint density at radius 3 is 2.36 bits per heavy atom. The smallest absolute Gasteiger partial charge is 0.243 e.